The topological polar surface area (TPSA) is 0 Å². The Balaban J connectivity index is 2.58. The van der Waals surface area contributed by atoms with E-state index in [1.807, 2.05) is 12.1 Å². The number of hydrogen-bond donors (Lipinski definition) is 0. The molecule has 1 aromatic carbocycles. The van der Waals surface area contributed by atoms with E-state index in [1.54, 1.807) is 11.3 Å². The maximum absolute atomic E-state index is 6.22. The van der Waals surface area contributed by atoms with Crippen LogP contribution in [0.4, 0.5) is 0 Å². The molecule has 2 aromatic rings. The lowest BCUT2D eigenvalue weighted by Crippen LogP contribution is -1.96. The number of rotatable bonds is 2. The van der Waals surface area contributed by atoms with Crippen LogP contribution in [-0.4, -0.2) is 4.29 Å². The summed E-state index contributed by atoms with van der Waals surface area (Å²) in [6.45, 7) is 0. The van der Waals surface area contributed by atoms with Crippen LogP contribution in [0, 0.1) is 0 Å². The molecular formula is C10H6Br2Cl2S. The minimum absolute atomic E-state index is 0.224. The van der Waals surface area contributed by atoms with E-state index in [0.717, 1.165) is 9.35 Å². The lowest BCUT2D eigenvalue weighted by molar-refractivity contribution is 1.09. The molecule has 2 unspecified atom stereocenters. The molecule has 0 N–H and O–H groups in total. The molecule has 15 heavy (non-hydrogen) atoms. The van der Waals surface area contributed by atoms with E-state index in [9.17, 15) is 0 Å². The van der Waals surface area contributed by atoms with E-state index in [-0.39, 0.29) is 9.66 Å². The van der Waals surface area contributed by atoms with Gasteiger partial charge in [0, 0.05) is 19.4 Å². The van der Waals surface area contributed by atoms with Gasteiger partial charge < -0.3 is 0 Å². The predicted molar refractivity (Wildman–Crippen MR) is 76.7 cm³/mol. The minimum Gasteiger partial charge on any atom is -0.137 e. The van der Waals surface area contributed by atoms with Crippen molar-refractivity contribution >= 4 is 76.5 Å². The number of halogens is 4. The highest BCUT2D eigenvalue weighted by Crippen LogP contribution is 2.44. The van der Waals surface area contributed by atoms with Gasteiger partial charge in [0.1, 0.15) is 4.29 Å². The van der Waals surface area contributed by atoms with Gasteiger partial charge in [0.25, 0.3) is 0 Å². The van der Waals surface area contributed by atoms with Crippen LogP contribution in [0.5, 0.6) is 0 Å². The van der Waals surface area contributed by atoms with Gasteiger partial charge in [0.15, 0.2) is 0 Å². The zero-order chi connectivity index (χ0) is 11.0. The van der Waals surface area contributed by atoms with Crippen molar-refractivity contribution in [2.24, 2.45) is 0 Å². The molecule has 0 radical (unpaired) electrons. The molecule has 80 valence electrons. The van der Waals surface area contributed by atoms with E-state index in [2.05, 4.69) is 44.0 Å². The van der Waals surface area contributed by atoms with Gasteiger partial charge in [0.2, 0.25) is 0 Å². The fourth-order valence-electron chi connectivity index (χ4n) is 1.32. The van der Waals surface area contributed by atoms with E-state index >= 15 is 0 Å². The first-order valence-electron chi connectivity index (χ1n) is 4.20. The molecule has 0 amide bonds. The molecule has 0 nitrogen and oxygen atoms in total. The summed E-state index contributed by atoms with van der Waals surface area (Å²) in [7, 11) is 0. The molecule has 0 aliphatic rings. The summed E-state index contributed by atoms with van der Waals surface area (Å²) < 4.78 is 2.01. The summed E-state index contributed by atoms with van der Waals surface area (Å²) in [5.74, 6) is 0. The molecule has 0 aliphatic carbocycles. The fourth-order valence-corrected chi connectivity index (χ4v) is 4.42. The van der Waals surface area contributed by atoms with Gasteiger partial charge in [-0.2, -0.15) is 0 Å². The number of fused-ring (bicyclic) bond motifs is 1. The van der Waals surface area contributed by atoms with E-state index in [4.69, 9.17) is 23.2 Å². The normalized spacial score (nSPS) is 15.5. The van der Waals surface area contributed by atoms with Gasteiger partial charge in [0.05, 0.1) is 5.38 Å². The number of thiophene rings is 1. The molecule has 1 aromatic heterocycles. The van der Waals surface area contributed by atoms with Gasteiger partial charge >= 0.3 is 0 Å². The third-order valence-electron chi connectivity index (χ3n) is 2.03. The Labute approximate surface area is 119 Å². The first-order valence-corrected chi connectivity index (χ1v) is 7.60. The Bertz CT molecular complexity index is 481. The van der Waals surface area contributed by atoms with Gasteiger partial charge in [-0.15, -0.1) is 34.5 Å². The van der Waals surface area contributed by atoms with Crippen LogP contribution in [0.3, 0.4) is 0 Å². The van der Waals surface area contributed by atoms with Crippen molar-refractivity contribution in [3.05, 3.63) is 33.6 Å². The predicted octanol–water partition coefficient (Wildman–Crippen LogP) is 5.90. The number of alkyl halides is 3. The van der Waals surface area contributed by atoms with Crippen molar-refractivity contribution < 1.29 is 0 Å². The second-order valence-corrected chi connectivity index (χ2v) is 7.34. The quantitative estimate of drug-likeness (QED) is 0.561. The Morgan fingerprint density at radius 2 is 1.87 bits per heavy atom. The van der Waals surface area contributed by atoms with Gasteiger partial charge in [-0.1, -0.05) is 34.1 Å². The highest BCUT2D eigenvalue weighted by molar-refractivity contribution is 9.11. The second-order valence-electron chi connectivity index (χ2n) is 3.01. The van der Waals surface area contributed by atoms with Crippen LogP contribution in [0.15, 0.2) is 28.7 Å². The average Bonchev–Trinajstić information content (AvgIpc) is 2.56. The third kappa shape index (κ3) is 2.37. The van der Waals surface area contributed by atoms with Crippen LogP contribution >= 0.6 is 66.4 Å². The molecule has 0 fully saturated rings. The molecule has 0 saturated heterocycles. The zero-order valence-corrected chi connectivity index (χ0v) is 12.9. The highest BCUT2D eigenvalue weighted by Gasteiger charge is 2.22. The van der Waals surface area contributed by atoms with Gasteiger partial charge in [-0.3, -0.25) is 0 Å². The van der Waals surface area contributed by atoms with Crippen molar-refractivity contribution in [2.45, 2.75) is 9.66 Å². The average molecular weight is 389 g/mol. The van der Waals surface area contributed by atoms with E-state index in [0.29, 0.717) is 0 Å². The van der Waals surface area contributed by atoms with Crippen LogP contribution < -0.4 is 0 Å². The van der Waals surface area contributed by atoms with Crippen LogP contribution in [-0.2, 0) is 0 Å². The molecule has 0 spiro atoms. The SMILES string of the molecule is ClC(Br)C(Cl)c1sc2ccccc2c1Br. The standard InChI is InChI=1S/C10H6Br2Cl2S/c11-7-5-3-1-2-4-6(5)15-9(7)8(13)10(12)14/h1-4,8,10H. The maximum atomic E-state index is 6.22. The van der Waals surface area contributed by atoms with Crippen molar-refractivity contribution in [1.29, 1.82) is 0 Å². The summed E-state index contributed by atoms with van der Waals surface area (Å²) in [4.78, 5) is 1.06. The zero-order valence-electron chi connectivity index (χ0n) is 7.38. The summed E-state index contributed by atoms with van der Waals surface area (Å²) in [5, 5.41) is 0.964. The molecular weight excluding hydrogens is 383 g/mol. The molecule has 1 heterocycles. The number of hydrogen-bond acceptors (Lipinski definition) is 1. The monoisotopic (exact) mass is 386 g/mol. The summed E-state index contributed by atoms with van der Waals surface area (Å²) >= 11 is 20.7. The van der Waals surface area contributed by atoms with Crippen molar-refractivity contribution in [3.8, 4) is 0 Å². The van der Waals surface area contributed by atoms with E-state index < -0.39 is 0 Å². The maximum Gasteiger partial charge on any atom is 0.110 e. The lowest BCUT2D eigenvalue weighted by atomic mass is 10.2. The highest BCUT2D eigenvalue weighted by atomic mass is 79.9. The van der Waals surface area contributed by atoms with Crippen LogP contribution in [0.1, 0.15) is 10.3 Å². The molecule has 0 aliphatic heterocycles. The largest absolute Gasteiger partial charge is 0.137 e. The molecule has 2 rings (SSSR count). The Morgan fingerprint density at radius 3 is 2.47 bits per heavy atom. The summed E-state index contributed by atoms with van der Waals surface area (Å²) in [6, 6.07) is 8.18. The van der Waals surface area contributed by atoms with Crippen molar-refractivity contribution in [1.82, 2.24) is 0 Å². The van der Waals surface area contributed by atoms with Crippen LogP contribution in [0.2, 0.25) is 0 Å². The van der Waals surface area contributed by atoms with Gasteiger partial charge in [-0.05, 0) is 22.0 Å². The number of benzene rings is 1. The molecule has 0 bridgehead atoms. The summed E-state index contributed by atoms with van der Waals surface area (Å²) in [6.07, 6.45) is 0. The van der Waals surface area contributed by atoms with E-state index in [1.165, 1.54) is 10.1 Å². The van der Waals surface area contributed by atoms with Gasteiger partial charge in [-0.25, -0.2) is 0 Å². The lowest BCUT2D eigenvalue weighted by Gasteiger charge is -2.08. The van der Waals surface area contributed by atoms with Crippen molar-refractivity contribution in [2.75, 3.05) is 0 Å². The molecule has 2 atom stereocenters. The summed E-state index contributed by atoms with van der Waals surface area (Å²) in [5.41, 5.74) is 0. The first-order chi connectivity index (χ1) is 7.11. The Morgan fingerprint density at radius 1 is 1.20 bits per heavy atom. The molecule has 5 heteroatoms. The first kappa shape index (κ1) is 12.2. The molecule has 0 saturated carbocycles. The minimum atomic E-state index is -0.261. The fraction of sp³-hybridized carbons (Fsp3) is 0.200. The Hall–Kier alpha value is 0.720. The second kappa shape index (κ2) is 4.92. The van der Waals surface area contributed by atoms with Crippen LogP contribution in [0.25, 0.3) is 10.1 Å². The smallest absolute Gasteiger partial charge is 0.110 e. The van der Waals surface area contributed by atoms with Crippen molar-refractivity contribution in [3.63, 3.8) is 0 Å². The Kier molecular flexibility index (Phi) is 4.00. The third-order valence-corrected chi connectivity index (χ3v) is 6.22.